The molecule has 0 saturated carbocycles. The van der Waals surface area contributed by atoms with Crippen molar-refractivity contribution in [1.29, 1.82) is 0 Å². The molecule has 0 unspecified atom stereocenters. The molecule has 1 aromatic heterocycles. The third-order valence-corrected chi connectivity index (χ3v) is 4.48. The van der Waals surface area contributed by atoms with E-state index < -0.39 is 5.95 Å². The third-order valence-electron chi connectivity index (χ3n) is 4.39. The van der Waals surface area contributed by atoms with E-state index in [4.69, 9.17) is 0 Å². The van der Waals surface area contributed by atoms with E-state index in [0.29, 0.717) is 5.56 Å². The van der Waals surface area contributed by atoms with Gasteiger partial charge in [-0.1, -0.05) is 68.3 Å². The van der Waals surface area contributed by atoms with Crippen LogP contribution in [0.2, 0.25) is 0 Å². The number of isothiocyanates is 1. The van der Waals surface area contributed by atoms with Gasteiger partial charge in [-0.05, 0) is 41.7 Å². The van der Waals surface area contributed by atoms with Gasteiger partial charge in [-0.15, -0.1) is 0 Å². The molecule has 0 bridgehead atoms. The van der Waals surface area contributed by atoms with Crippen LogP contribution < -0.4 is 0 Å². The summed E-state index contributed by atoms with van der Waals surface area (Å²) >= 11 is 4.49. The number of hydrogen-bond acceptors (Lipinski definition) is 4. The van der Waals surface area contributed by atoms with E-state index in [-0.39, 0.29) is 11.5 Å². The summed E-state index contributed by atoms with van der Waals surface area (Å²) in [5.74, 6) is -0.562. The minimum atomic E-state index is -0.675. The largest absolute Gasteiger partial charge is 0.247 e. The average molecular weight is 377 g/mol. The van der Waals surface area contributed by atoms with Crippen molar-refractivity contribution in [3.05, 3.63) is 66.2 Å². The maximum absolute atomic E-state index is 14.2. The Hall–Kier alpha value is -2.75. The smallest absolute Gasteiger partial charge is 0.241 e. The van der Waals surface area contributed by atoms with Gasteiger partial charge in [-0.2, -0.15) is 14.4 Å². The molecular weight excluding hydrogens is 357 g/mol. The number of aryl methyl sites for hydroxylation is 1. The second-order valence-electron chi connectivity index (χ2n) is 6.30. The van der Waals surface area contributed by atoms with Crippen LogP contribution in [0, 0.1) is 5.95 Å². The molecule has 5 heteroatoms. The molecule has 0 atom stereocenters. The summed E-state index contributed by atoms with van der Waals surface area (Å²) in [5, 5.41) is 2.15. The molecule has 0 N–H and O–H groups in total. The molecule has 0 fully saturated rings. The van der Waals surface area contributed by atoms with Gasteiger partial charge in [0.15, 0.2) is 5.82 Å². The van der Waals surface area contributed by atoms with Gasteiger partial charge in [0.1, 0.15) is 5.69 Å². The second kappa shape index (κ2) is 9.26. The lowest BCUT2D eigenvalue weighted by Gasteiger charge is -2.07. The Labute approximate surface area is 164 Å². The Morgan fingerprint density at radius 3 is 2.19 bits per heavy atom. The Morgan fingerprint density at radius 1 is 0.963 bits per heavy atom. The van der Waals surface area contributed by atoms with Crippen LogP contribution in [0.5, 0.6) is 0 Å². The van der Waals surface area contributed by atoms with Crippen LogP contribution in [0.1, 0.15) is 31.7 Å². The number of thiocarbonyl (C=S) groups is 1. The molecular formula is C22H20FN3S. The van der Waals surface area contributed by atoms with Crippen LogP contribution in [-0.2, 0) is 6.42 Å². The van der Waals surface area contributed by atoms with Crippen molar-refractivity contribution in [3.8, 4) is 22.4 Å². The van der Waals surface area contributed by atoms with Crippen LogP contribution in [0.15, 0.2) is 59.7 Å². The summed E-state index contributed by atoms with van der Waals surface area (Å²) in [7, 11) is 0. The van der Waals surface area contributed by atoms with Gasteiger partial charge in [-0.3, -0.25) is 0 Å². The van der Waals surface area contributed by atoms with Gasteiger partial charge in [0.25, 0.3) is 0 Å². The molecule has 27 heavy (non-hydrogen) atoms. The Morgan fingerprint density at radius 2 is 1.59 bits per heavy atom. The standard InChI is InChI=1S/C22H20FN3S/c1-2-3-4-5-16-6-8-17(9-7-16)18-10-12-19(13-11-18)21-22(23)26-20(14-24-21)25-15-27/h6-14H,2-5H2,1H3. The molecule has 136 valence electrons. The SMILES string of the molecule is CCCCCc1ccc(-c2ccc(-c3ncc(N=C=S)nc3F)cc2)cc1. The van der Waals surface area contributed by atoms with Gasteiger partial charge >= 0.3 is 0 Å². The minimum absolute atomic E-state index is 0.113. The van der Waals surface area contributed by atoms with Crippen LogP contribution in [0.25, 0.3) is 22.4 Å². The summed E-state index contributed by atoms with van der Waals surface area (Å²) in [6.45, 7) is 2.21. The molecule has 0 aliphatic heterocycles. The Balaban J connectivity index is 1.76. The first-order valence-corrected chi connectivity index (χ1v) is 9.42. The third kappa shape index (κ3) is 4.91. The highest BCUT2D eigenvalue weighted by Crippen LogP contribution is 2.26. The molecule has 2 aromatic carbocycles. The molecule has 0 aliphatic rings. The van der Waals surface area contributed by atoms with Gasteiger partial charge in [0.2, 0.25) is 5.95 Å². The highest BCUT2D eigenvalue weighted by Gasteiger charge is 2.10. The first kappa shape index (κ1) is 19.0. The van der Waals surface area contributed by atoms with Gasteiger partial charge < -0.3 is 0 Å². The summed E-state index contributed by atoms with van der Waals surface area (Å²) < 4.78 is 14.2. The first-order chi connectivity index (χ1) is 13.2. The predicted octanol–water partition coefficient (Wildman–Crippen LogP) is 6.42. The van der Waals surface area contributed by atoms with Crippen LogP contribution >= 0.6 is 12.2 Å². The number of nitrogens with zero attached hydrogens (tertiary/aromatic N) is 3. The van der Waals surface area contributed by atoms with Crippen molar-refractivity contribution in [3.63, 3.8) is 0 Å². The van der Waals surface area contributed by atoms with E-state index >= 15 is 0 Å². The molecule has 3 aromatic rings. The number of benzene rings is 2. The Kier molecular flexibility index (Phi) is 6.53. The van der Waals surface area contributed by atoms with Crippen molar-refractivity contribution in [2.45, 2.75) is 32.6 Å². The monoisotopic (exact) mass is 377 g/mol. The van der Waals surface area contributed by atoms with Gasteiger partial charge in [0, 0.05) is 5.56 Å². The fraction of sp³-hybridized carbons (Fsp3) is 0.227. The number of hydrogen-bond donors (Lipinski definition) is 0. The highest BCUT2D eigenvalue weighted by atomic mass is 32.1. The maximum Gasteiger partial charge on any atom is 0.241 e. The van der Waals surface area contributed by atoms with Crippen LogP contribution in [0.3, 0.4) is 0 Å². The molecule has 0 aliphatic carbocycles. The lowest BCUT2D eigenvalue weighted by molar-refractivity contribution is 0.582. The first-order valence-electron chi connectivity index (χ1n) is 9.01. The van der Waals surface area contributed by atoms with Gasteiger partial charge in [0.05, 0.1) is 11.4 Å². The van der Waals surface area contributed by atoms with E-state index in [1.54, 1.807) is 0 Å². The van der Waals surface area contributed by atoms with Crippen LogP contribution in [-0.4, -0.2) is 15.1 Å². The zero-order valence-electron chi connectivity index (χ0n) is 15.2. The number of halogens is 1. The summed E-state index contributed by atoms with van der Waals surface area (Å²) in [4.78, 5) is 11.5. The summed E-state index contributed by atoms with van der Waals surface area (Å²) in [5.41, 5.74) is 4.43. The molecule has 3 nitrogen and oxygen atoms in total. The van der Waals surface area contributed by atoms with Crippen molar-refractivity contribution >= 4 is 23.2 Å². The van der Waals surface area contributed by atoms with E-state index in [0.717, 1.165) is 17.5 Å². The summed E-state index contributed by atoms with van der Waals surface area (Å²) in [6, 6.07) is 16.2. The quantitative estimate of drug-likeness (QED) is 0.271. The number of aliphatic imine (C=N–C) groups is 1. The predicted molar refractivity (Wildman–Crippen MR) is 111 cm³/mol. The molecule has 0 amide bonds. The topological polar surface area (TPSA) is 38.1 Å². The van der Waals surface area contributed by atoms with Gasteiger partial charge in [-0.25, -0.2) is 4.98 Å². The molecule has 3 rings (SSSR count). The van der Waals surface area contributed by atoms with Crippen LogP contribution in [0.4, 0.5) is 10.2 Å². The average Bonchev–Trinajstić information content (AvgIpc) is 2.69. The van der Waals surface area contributed by atoms with Crippen molar-refractivity contribution in [2.75, 3.05) is 0 Å². The van der Waals surface area contributed by atoms with Crippen molar-refractivity contribution in [2.24, 2.45) is 4.99 Å². The molecule has 1 heterocycles. The second-order valence-corrected chi connectivity index (χ2v) is 6.48. The molecule has 0 spiro atoms. The van der Waals surface area contributed by atoms with Crippen molar-refractivity contribution < 1.29 is 4.39 Å². The van der Waals surface area contributed by atoms with E-state index in [1.165, 1.54) is 31.0 Å². The lowest BCUT2D eigenvalue weighted by Crippen LogP contribution is -1.93. The number of aromatic nitrogens is 2. The zero-order chi connectivity index (χ0) is 19.1. The molecule has 0 saturated heterocycles. The van der Waals surface area contributed by atoms with E-state index in [9.17, 15) is 4.39 Å². The number of unbranched alkanes of at least 4 members (excludes halogenated alkanes) is 2. The summed E-state index contributed by atoms with van der Waals surface area (Å²) in [6.07, 6.45) is 6.22. The number of rotatable bonds is 7. The Bertz CT molecular complexity index is 946. The normalized spacial score (nSPS) is 10.4. The van der Waals surface area contributed by atoms with Crippen molar-refractivity contribution in [1.82, 2.24) is 9.97 Å². The molecule has 0 radical (unpaired) electrons. The maximum atomic E-state index is 14.2. The zero-order valence-corrected chi connectivity index (χ0v) is 16.0. The highest BCUT2D eigenvalue weighted by molar-refractivity contribution is 7.78. The lowest BCUT2D eigenvalue weighted by atomic mass is 10.00. The minimum Gasteiger partial charge on any atom is -0.247 e. The van der Waals surface area contributed by atoms with E-state index in [1.807, 2.05) is 24.3 Å². The fourth-order valence-electron chi connectivity index (χ4n) is 2.92. The fourth-order valence-corrected chi connectivity index (χ4v) is 3.01. The van der Waals surface area contributed by atoms with E-state index in [2.05, 4.69) is 63.5 Å².